The number of halogens is 1. The van der Waals surface area contributed by atoms with Crippen LogP contribution in [0.15, 0.2) is 12.0 Å². The number of carbonyl (C=O) groups is 1. The quantitative estimate of drug-likeness (QED) is 0.409. The molecule has 0 aromatic rings. The van der Waals surface area contributed by atoms with Crippen molar-refractivity contribution < 1.29 is 14.6 Å². The minimum Gasteiger partial charge on any atom is -0.481 e. The van der Waals surface area contributed by atoms with Crippen LogP contribution in [0.1, 0.15) is 26.2 Å². The zero-order valence-corrected chi connectivity index (χ0v) is 7.10. The van der Waals surface area contributed by atoms with E-state index in [1.807, 2.05) is 6.92 Å². The van der Waals surface area contributed by atoms with E-state index in [1.54, 1.807) is 0 Å². The number of ether oxygens (including phenoxy) is 1. The number of unbranched alkanes of at least 4 members (excludes halogenated alkanes) is 2. The standard InChI is InChI=1S/C7H11ClO3/c1-2-3-4-5-6(9)11-7(8)10/h5,9H,2-4H2,1H3/b6-5+. The smallest absolute Gasteiger partial charge is 0.411 e. The van der Waals surface area contributed by atoms with Crippen molar-refractivity contribution >= 4 is 17.0 Å². The van der Waals surface area contributed by atoms with Crippen LogP contribution >= 0.6 is 11.6 Å². The largest absolute Gasteiger partial charge is 0.481 e. The third-order valence-corrected chi connectivity index (χ3v) is 1.14. The highest BCUT2D eigenvalue weighted by atomic mass is 35.5. The Morgan fingerprint density at radius 2 is 2.36 bits per heavy atom. The van der Waals surface area contributed by atoms with Gasteiger partial charge in [0.05, 0.1) is 0 Å². The number of hydrogen-bond donors (Lipinski definition) is 1. The summed E-state index contributed by atoms with van der Waals surface area (Å²) >= 11 is 4.82. The van der Waals surface area contributed by atoms with Gasteiger partial charge in [-0.1, -0.05) is 13.3 Å². The first-order valence-corrected chi connectivity index (χ1v) is 3.81. The number of hydrogen-bond acceptors (Lipinski definition) is 3. The third-order valence-electron chi connectivity index (χ3n) is 1.06. The van der Waals surface area contributed by atoms with Crippen molar-refractivity contribution in [2.45, 2.75) is 26.2 Å². The summed E-state index contributed by atoms with van der Waals surface area (Å²) < 4.78 is 4.14. The lowest BCUT2D eigenvalue weighted by atomic mass is 10.2. The molecule has 3 nitrogen and oxygen atoms in total. The zero-order chi connectivity index (χ0) is 8.69. The van der Waals surface area contributed by atoms with Gasteiger partial charge in [0.1, 0.15) is 0 Å². The van der Waals surface area contributed by atoms with Crippen LogP contribution in [0.25, 0.3) is 0 Å². The Bertz CT molecular complexity index is 154. The van der Waals surface area contributed by atoms with E-state index < -0.39 is 11.4 Å². The Labute approximate surface area is 70.6 Å². The molecule has 0 aromatic carbocycles. The molecule has 0 saturated carbocycles. The van der Waals surface area contributed by atoms with Crippen LogP contribution < -0.4 is 0 Å². The molecule has 0 aliphatic carbocycles. The van der Waals surface area contributed by atoms with Crippen molar-refractivity contribution in [2.75, 3.05) is 0 Å². The summed E-state index contributed by atoms with van der Waals surface area (Å²) in [7, 11) is 0. The second-order valence-corrected chi connectivity index (χ2v) is 2.33. The summed E-state index contributed by atoms with van der Waals surface area (Å²) in [6, 6.07) is 0. The van der Waals surface area contributed by atoms with Gasteiger partial charge in [0, 0.05) is 11.6 Å². The van der Waals surface area contributed by atoms with Crippen molar-refractivity contribution in [1.82, 2.24) is 0 Å². The first kappa shape index (κ1) is 10.3. The first-order chi connectivity index (χ1) is 5.16. The van der Waals surface area contributed by atoms with Crippen molar-refractivity contribution in [3.05, 3.63) is 12.0 Å². The molecule has 0 atom stereocenters. The van der Waals surface area contributed by atoms with Gasteiger partial charge in [-0.05, 0) is 18.9 Å². The van der Waals surface area contributed by atoms with Gasteiger partial charge in [-0.2, -0.15) is 0 Å². The summed E-state index contributed by atoms with van der Waals surface area (Å²) in [6.07, 6.45) is 4.08. The van der Waals surface area contributed by atoms with Crippen LogP contribution in [0.3, 0.4) is 0 Å². The van der Waals surface area contributed by atoms with Gasteiger partial charge in [0.2, 0.25) is 0 Å². The molecule has 0 aromatic heterocycles. The van der Waals surface area contributed by atoms with Gasteiger partial charge in [0.15, 0.2) is 0 Å². The molecule has 0 bridgehead atoms. The van der Waals surface area contributed by atoms with E-state index in [1.165, 1.54) is 6.08 Å². The molecule has 0 spiro atoms. The summed E-state index contributed by atoms with van der Waals surface area (Å²) in [4.78, 5) is 10.0. The Hall–Kier alpha value is -0.700. The lowest BCUT2D eigenvalue weighted by Crippen LogP contribution is -1.92. The molecular weight excluding hydrogens is 168 g/mol. The minimum atomic E-state index is -1.02. The maximum atomic E-state index is 10.0. The van der Waals surface area contributed by atoms with Crippen molar-refractivity contribution in [3.8, 4) is 0 Å². The normalized spacial score (nSPS) is 11.3. The highest BCUT2D eigenvalue weighted by Gasteiger charge is 1.98. The lowest BCUT2D eigenvalue weighted by molar-refractivity contribution is 0.140. The van der Waals surface area contributed by atoms with Crippen LogP contribution in [-0.2, 0) is 4.74 Å². The Morgan fingerprint density at radius 3 is 2.82 bits per heavy atom. The summed E-state index contributed by atoms with van der Waals surface area (Å²) in [5, 5.41) is 8.78. The summed E-state index contributed by atoms with van der Waals surface area (Å²) in [6.45, 7) is 2.03. The fourth-order valence-corrected chi connectivity index (χ4v) is 0.633. The second-order valence-electron chi connectivity index (χ2n) is 2.02. The van der Waals surface area contributed by atoms with Crippen molar-refractivity contribution in [2.24, 2.45) is 0 Å². The second kappa shape index (κ2) is 6.04. The maximum absolute atomic E-state index is 10.0. The van der Waals surface area contributed by atoms with E-state index in [9.17, 15) is 4.79 Å². The maximum Gasteiger partial charge on any atom is 0.411 e. The summed E-state index contributed by atoms with van der Waals surface area (Å²) in [5.41, 5.74) is -1.02. The Balaban J connectivity index is 3.54. The van der Waals surface area contributed by atoms with Crippen LogP contribution in [0.4, 0.5) is 4.79 Å². The van der Waals surface area contributed by atoms with Crippen LogP contribution in [0, 0.1) is 0 Å². The van der Waals surface area contributed by atoms with E-state index in [2.05, 4.69) is 4.74 Å². The molecule has 0 rings (SSSR count). The topological polar surface area (TPSA) is 46.5 Å². The fourth-order valence-electron chi connectivity index (χ4n) is 0.554. The molecule has 0 fully saturated rings. The van der Waals surface area contributed by atoms with E-state index in [0.29, 0.717) is 6.42 Å². The lowest BCUT2D eigenvalue weighted by Gasteiger charge is -1.95. The highest BCUT2D eigenvalue weighted by molar-refractivity contribution is 6.61. The Kier molecular flexibility index (Phi) is 5.65. The molecule has 0 heterocycles. The van der Waals surface area contributed by atoms with Gasteiger partial charge < -0.3 is 9.84 Å². The van der Waals surface area contributed by atoms with E-state index in [4.69, 9.17) is 16.7 Å². The molecule has 0 amide bonds. The van der Waals surface area contributed by atoms with Gasteiger partial charge >= 0.3 is 5.43 Å². The molecule has 0 unspecified atom stereocenters. The average Bonchev–Trinajstić information content (AvgIpc) is 1.86. The number of aliphatic hydroxyl groups is 1. The van der Waals surface area contributed by atoms with Crippen LogP contribution in [0.2, 0.25) is 0 Å². The van der Waals surface area contributed by atoms with Crippen molar-refractivity contribution in [1.29, 1.82) is 0 Å². The number of carbonyl (C=O) groups excluding carboxylic acids is 1. The summed E-state index contributed by atoms with van der Waals surface area (Å²) in [5.74, 6) is -0.418. The third kappa shape index (κ3) is 7.19. The van der Waals surface area contributed by atoms with Gasteiger partial charge in [-0.15, -0.1) is 0 Å². The Morgan fingerprint density at radius 1 is 1.73 bits per heavy atom. The molecule has 0 aliphatic heterocycles. The molecule has 0 radical (unpaired) electrons. The van der Waals surface area contributed by atoms with Gasteiger partial charge in [-0.25, -0.2) is 4.79 Å². The van der Waals surface area contributed by atoms with Gasteiger partial charge in [0.25, 0.3) is 5.95 Å². The molecule has 0 aliphatic rings. The molecule has 0 saturated heterocycles. The predicted octanol–water partition coefficient (Wildman–Crippen LogP) is 2.95. The number of aliphatic hydroxyl groups excluding tert-OH is 1. The first-order valence-electron chi connectivity index (χ1n) is 3.43. The van der Waals surface area contributed by atoms with E-state index in [-0.39, 0.29) is 0 Å². The molecule has 4 heteroatoms. The number of rotatable bonds is 4. The average molecular weight is 179 g/mol. The molecule has 1 N–H and O–H groups in total. The minimum absolute atomic E-state index is 0.418. The fraction of sp³-hybridized carbons (Fsp3) is 0.571. The van der Waals surface area contributed by atoms with E-state index in [0.717, 1.165) is 12.8 Å². The van der Waals surface area contributed by atoms with E-state index >= 15 is 0 Å². The van der Waals surface area contributed by atoms with Crippen molar-refractivity contribution in [3.63, 3.8) is 0 Å². The predicted molar refractivity (Wildman–Crippen MR) is 42.6 cm³/mol. The van der Waals surface area contributed by atoms with Gasteiger partial charge in [-0.3, -0.25) is 0 Å². The monoisotopic (exact) mass is 178 g/mol. The molecule has 11 heavy (non-hydrogen) atoms. The SMILES string of the molecule is CCCC/C=C(\O)OC(=O)Cl. The van der Waals surface area contributed by atoms with Crippen LogP contribution in [-0.4, -0.2) is 10.5 Å². The molecular formula is C7H11ClO3. The highest BCUT2D eigenvalue weighted by Crippen LogP contribution is 2.01. The van der Waals surface area contributed by atoms with Crippen LogP contribution in [0.5, 0.6) is 0 Å². The molecule has 64 valence electrons. The number of allylic oxidation sites excluding steroid dienone is 1. The zero-order valence-electron chi connectivity index (χ0n) is 6.34.